The Hall–Kier alpha value is -2.43. The van der Waals surface area contributed by atoms with E-state index in [2.05, 4.69) is 9.97 Å². The largest absolute Gasteiger partial charge is 0.707 e. The first-order valence-electron chi connectivity index (χ1n) is 5.90. The third kappa shape index (κ3) is 2.94. The van der Waals surface area contributed by atoms with Gasteiger partial charge in [-0.15, -0.1) is 0 Å². The molecule has 0 aliphatic rings. The molecule has 0 radical (unpaired) electrons. The highest BCUT2D eigenvalue weighted by Gasteiger charge is 2.13. The van der Waals surface area contributed by atoms with E-state index >= 15 is 0 Å². The molecule has 0 fully saturated rings. The van der Waals surface area contributed by atoms with Crippen LogP contribution in [-0.4, -0.2) is 27.3 Å². The molecule has 2 aromatic rings. The van der Waals surface area contributed by atoms with Crippen LogP contribution in [0.3, 0.4) is 0 Å². The Bertz CT molecular complexity index is 666. The van der Waals surface area contributed by atoms with Crippen molar-refractivity contribution in [3.05, 3.63) is 41.3 Å². The Balaban J connectivity index is 2.39. The van der Waals surface area contributed by atoms with Crippen molar-refractivity contribution in [1.29, 1.82) is 5.26 Å². The molecule has 1 aromatic carbocycles. The van der Waals surface area contributed by atoms with Crippen molar-refractivity contribution in [2.24, 2.45) is 0 Å². The van der Waals surface area contributed by atoms with E-state index in [1.54, 1.807) is 31.2 Å². The zero-order valence-corrected chi connectivity index (χ0v) is 11.0. The summed E-state index contributed by atoms with van der Waals surface area (Å²) in [6.45, 7) is 3.56. The van der Waals surface area contributed by atoms with Gasteiger partial charge in [-0.1, -0.05) is 0 Å². The Kier molecular flexibility index (Phi) is 3.98. The Labute approximate surface area is 116 Å². The number of rotatable bonds is 3. The van der Waals surface area contributed by atoms with Gasteiger partial charge in [0, 0.05) is 5.56 Å². The van der Waals surface area contributed by atoms with Gasteiger partial charge in [-0.05, 0) is 38.1 Å². The molecule has 2 N–H and O–H groups in total. The highest BCUT2D eigenvalue weighted by molar-refractivity contribution is 6.33. The van der Waals surface area contributed by atoms with E-state index in [4.69, 9.17) is 20.0 Å². The summed E-state index contributed by atoms with van der Waals surface area (Å²) in [6, 6.07) is 8.60. The highest BCUT2D eigenvalue weighted by atomic mass is 16.6. The third-order valence-electron chi connectivity index (χ3n) is 2.72. The zero-order chi connectivity index (χ0) is 14.7. The predicted molar refractivity (Wildman–Crippen MR) is 72.5 cm³/mol. The van der Waals surface area contributed by atoms with Crippen LogP contribution in [0.5, 0.6) is 5.75 Å². The fourth-order valence-corrected chi connectivity index (χ4v) is 1.82. The first kappa shape index (κ1) is 14.0. The van der Waals surface area contributed by atoms with Crippen molar-refractivity contribution < 1.29 is 14.7 Å². The average molecular weight is 269 g/mol. The van der Waals surface area contributed by atoms with Gasteiger partial charge >= 0.3 is 7.32 Å². The minimum Gasteiger partial charge on any atom is -0.512 e. The van der Waals surface area contributed by atoms with Crippen molar-refractivity contribution in [2.75, 3.05) is 0 Å². The van der Waals surface area contributed by atoms with Crippen LogP contribution in [0, 0.1) is 25.2 Å². The Morgan fingerprint density at radius 3 is 2.30 bits per heavy atom. The number of nitrogens with zero attached hydrogens (tertiary/aromatic N) is 3. The fourth-order valence-electron chi connectivity index (χ4n) is 1.82. The molecule has 0 aliphatic carbocycles. The lowest BCUT2D eigenvalue weighted by molar-refractivity contribution is 0.288. The number of aromatic nitrogens is 2. The first-order valence-corrected chi connectivity index (χ1v) is 5.90. The molecule has 0 amide bonds. The van der Waals surface area contributed by atoms with Crippen molar-refractivity contribution in [3.63, 3.8) is 0 Å². The van der Waals surface area contributed by atoms with E-state index in [0.717, 1.165) is 11.3 Å². The molecule has 0 atom stereocenters. The predicted octanol–water partition coefficient (Wildman–Crippen LogP) is 0.980. The zero-order valence-electron chi connectivity index (χ0n) is 11.0. The van der Waals surface area contributed by atoms with E-state index < -0.39 is 7.32 Å². The number of aryl methyl sites for hydroxylation is 2. The average Bonchev–Trinajstić information content (AvgIpc) is 2.39. The normalized spacial score (nSPS) is 9.95. The smallest absolute Gasteiger partial charge is 0.512 e. The van der Waals surface area contributed by atoms with Gasteiger partial charge < -0.3 is 14.7 Å². The monoisotopic (exact) mass is 269 g/mol. The number of nitriles is 1. The first-order chi connectivity index (χ1) is 9.51. The van der Waals surface area contributed by atoms with Gasteiger partial charge in [0.05, 0.1) is 17.1 Å². The summed E-state index contributed by atoms with van der Waals surface area (Å²) < 4.78 is 4.72. The van der Waals surface area contributed by atoms with Gasteiger partial charge in [0.15, 0.2) is 5.69 Å². The van der Waals surface area contributed by atoms with E-state index in [1.165, 1.54) is 0 Å². The molecule has 1 aromatic heterocycles. The van der Waals surface area contributed by atoms with Gasteiger partial charge in [0.25, 0.3) is 0 Å². The summed E-state index contributed by atoms with van der Waals surface area (Å²) in [7, 11) is -1.85. The van der Waals surface area contributed by atoms with Crippen LogP contribution in [0.4, 0.5) is 0 Å². The molecule has 7 heteroatoms. The maximum Gasteiger partial charge on any atom is 0.707 e. The lowest BCUT2D eigenvalue weighted by Crippen LogP contribution is -2.20. The molecule has 0 aliphatic heterocycles. The van der Waals surface area contributed by atoms with Gasteiger partial charge in [-0.2, -0.15) is 5.26 Å². The molecule has 2 rings (SSSR count). The second kappa shape index (κ2) is 5.69. The minimum absolute atomic E-state index is 0.289. The summed E-state index contributed by atoms with van der Waals surface area (Å²) in [5.74, 6) is 0.321. The summed E-state index contributed by atoms with van der Waals surface area (Å²) in [4.78, 5) is 8.58. The maximum absolute atomic E-state index is 9.00. The van der Waals surface area contributed by atoms with Gasteiger partial charge in [0.2, 0.25) is 0 Å². The van der Waals surface area contributed by atoms with Crippen molar-refractivity contribution in [1.82, 2.24) is 9.97 Å². The number of benzene rings is 1. The van der Waals surface area contributed by atoms with Crippen LogP contribution < -0.4 is 4.65 Å². The molecule has 1 heterocycles. The van der Waals surface area contributed by atoms with Crippen molar-refractivity contribution >= 4 is 7.32 Å². The van der Waals surface area contributed by atoms with Crippen LogP contribution >= 0.6 is 0 Å². The summed E-state index contributed by atoms with van der Waals surface area (Å²) >= 11 is 0. The molecular weight excluding hydrogens is 257 g/mol. The number of hydrogen-bond acceptors (Lipinski definition) is 6. The molecule has 6 nitrogen and oxygen atoms in total. The SMILES string of the molecule is Cc1nc(C)c(-c2ccc(OB(O)O)cc2)nc1C#N. The molecule has 20 heavy (non-hydrogen) atoms. The van der Waals surface area contributed by atoms with E-state index in [-0.39, 0.29) is 5.69 Å². The molecule has 0 saturated carbocycles. The van der Waals surface area contributed by atoms with Gasteiger partial charge in [-0.3, -0.25) is 4.98 Å². The van der Waals surface area contributed by atoms with Crippen LogP contribution in [0.2, 0.25) is 0 Å². The van der Waals surface area contributed by atoms with Crippen molar-refractivity contribution in [2.45, 2.75) is 13.8 Å². The summed E-state index contributed by atoms with van der Waals surface area (Å²) in [5.41, 5.74) is 2.99. The van der Waals surface area contributed by atoms with Crippen LogP contribution in [0.25, 0.3) is 11.3 Å². The van der Waals surface area contributed by atoms with E-state index in [9.17, 15) is 0 Å². The molecule has 0 unspecified atom stereocenters. The standard InChI is InChI=1S/C13H12BN3O3/c1-8-12(7-15)17-13(9(2)16-8)10-3-5-11(6-4-10)20-14(18)19/h3-6,18-19H,1-2H3. The molecule has 100 valence electrons. The second-order valence-electron chi connectivity index (χ2n) is 4.17. The second-order valence-corrected chi connectivity index (χ2v) is 4.17. The Morgan fingerprint density at radius 1 is 1.10 bits per heavy atom. The third-order valence-corrected chi connectivity index (χ3v) is 2.72. The number of hydrogen-bond donors (Lipinski definition) is 2. The van der Waals surface area contributed by atoms with Gasteiger partial charge in [0.1, 0.15) is 11.8 Å². The van der Waals surface area contributed by atoms with Gasteiger partial charge in [-0.25, -0.2) is 4.98 Å². The lowest BCUT2D eigenvalue weighted by Gasteiger charge is -2.08. The molecule has 0 spiro atoms. The minimum atomic E-state index is -1.85. The molecular formula is C13H12BN3O3. The Morgan fingerprint density at radius 2 is 1.75 bits per heavy atom. The van der Waals surface area contributed by atoms with Crippen LogP contribution in [0.1, 0.15) is 17.1 Å². The topological polar surface area (TPSA) is 99.3 Å². The summed E-state index contributed by atoms with van der Waals surface area (Å²) in [5, 5.41) is 26.4. The quantitative estimate of drug-likeness (QED) is 0.806. The van der Waals surface area contributed by atoms with Crippen LogP contribution in [0.15, 0.2) is 24.3 Å². The molecule has 0 saturated heterocycles. The van der Waals surface area contributed by atoms with Crippen molar-refractivity contribution in [3.8, 4) is 23.1 Å². The van der Waals surface area contributed by atoms with E-state index in [1.807, 2.05) is 13.0 Å². The molecule has 0 bridgehead atoms. The highest BCUT2D eigenvalue weighted by Crippen LogP contribution is 2.23. The summed E-state index contributed by atoms with van der Waals surface area (Å²) in [6.07, 6.45) is 0. The maximum atomic E-state index is 9.00. The van der Waals surface area contributed by atoms with E-state index in [0.29, 0.717) is 17.1 Å². The van der Waals surface area contributed by atoms with Crippen LogP contribution in [-0.2, 0) is 0 Å². The lowest BCUT2D eigenvalue weighted by atomic mass is 10.1. The fraction of sp³-hybridized carbons (Fsp3) is 0.154.